The van der Waals surface area contributed by atoms with Gasteiger partial charge in [-0.05, 0) is 21.1 Å². The number of nitrogens with one attached hydrogen (secondary N) is 1. The molecule has 0 aliphatic rings. The summed E-state index contributed by atoms with van der Waals surface area (Å²) in [6.07, 6.45) is 0. The first kappa shape index (κ1) is 15.9. The van der Waals surface area contributed by atoms with E-state index in [1.54, 1.807) is 12.1 Å². The van der Waals surface area contributed by atoms with Gasteiger partial charge in [0.2, 0.25) is 11.0 Å². The summed E-state index contributed by atoms with van der Waals surface area (Å²) < 4.78 is 5.21. The van der Waals surface area contributed by atoms with Gasteiger partial charge in [-0.3, -0.25) is 4.79 Å². The second kappa shape index (κ2) is 8.08. The molecule has 1 N–H and O–H groups in total. The molecule has 1 atom stereocenters. The van der Waals surface area contributed by atoms with E-state index in [4.69, 9.17) is 15.9 Å². The predicted molar refractivity (Wildman–Crippen MR) is 82.8 cm³/mol. The topological polar surface area (TPSA) is 55.4 Å². The van der Waals surface area contributed by atoms with E-state index >= 15 is 0 Å². The van der Waals surface area contributed by atoms with Crippen molar-refractivity contribution in [2.24, 2.45) is 0 Å². The van der Waals surface area contributed by atoms with Crippen molar-refractivity contribution in [3.05, 3.63) is 35.9 Å². The lowest BCUT2D eigenvalue weighted by Crippen LogP contribution is -2.42. The molecule has 0 fully saturated rings. The summed E-state index contributed by atoms with van der Waals surface area (Å²) in [4.78, 5) is 22.8. The predicted octanol–water partition coefficient (Wildman–Crippen LogP) is 0.687. The van der Waals surface area contributed by atoms with Crippen molar-refractivity contribution in [2.75, 3.05) is 5.75 Å². The van der Waals surface area contributed by atoms with Crippen molar-refractivity contribution in [3.8, 4) is 0 Å². The average Bonchev–Trinajstić information content (AvgIpc) is 2.42. The largest absolute Gasteiger partial charge is 0.412 e. The van der Waals surface area contributed by atoms with Gasteiger partial charge < -0.3 is 10.1 Å². The number of esters is 1. The van der Waals surface area contributed by atoms with Crippen molar-refractivity contribution in [3.63, 3.8) is 0 Å². The van der Waals surface area contributed by atoms with Crippen LogP contribution >= 0.6 is 12.6 Å². The van der Waals surface area contributed by atoms with E-state index in [1.807, 2.05) is 18.2 Å². The fraction of sp³-hybridized carbons (Fsp3) is 0.250. The molecule has 0 heterocycles. The molecule has 0 aromatic heterocycles. The number of thiol groups is 1. The molecule has 102 valence electrons. The number of ether oxygens (including phenoxy) is 1. The number of hydrogen-bond donors (Lipinski definition) is 2. The Morgan fingerprint density at radius 2 is 2.05 bits per heavy atom. The summed E-state index contributed by atoms with van der Waals surface area (Å²) >= 11 is 8.89. The summed E-state index contributed by atoms with van der Waals surface area (Å²) in [7, 11) is 0.917. The molecule has 0 spiro atoms. The van der Waals surface area contributed by atoms with Crippen LogP contribution in [0.2, 0.25) is 0 Å². The molecule has 0 saturated carbocycles. The number of rotatable bonds is 4. The van der Waals surface area contributed by atoms with Crippen LogP contribution in [0.5, 0.6) is 0 Å². The van der Waals surface area contributed by atoms with E-state index in [-0.39, 0.29) is 11.7 Å². The summed E-state index contributed by atoms with van der Waals surface area (Å²) in [6.45, 7) is 1.33. The van der Waals surface area contributed by atoms with Crippen LogP contribution in [0.4, 0.5) is 0 Å². The van der Waals surface area contributed by atoms with Gasteiger partial charge in [-0.15, -0.1) is 0 Å². The molecule has 1 amide bonds. The molecule has 1 aromatic carbocycles. The maximum Gasteiger partial charge on any atom is 0.335 e. The maximum absolute atomic E-state index is 11.9. The van der Waals surface area contributed by atoms with E-state index in [1.165, 1.54) is 6.92 Å². The molecule has 7 heteroatoms. The highest BCUT2D eigenvalue weighted by Gasteiger charge is 2.21. The minimum atomic E-state index is -0.790. The standard InChI is InChI=1S/C12H13NO3S3/c1-8(14)13-10(7-17)11(15)16-12(19-18)9-5-3-2-4-6-9/h2-6,10,17H,7H2,1H3,(H,13,14)/t10-/m0/s1. The summed E-state index contributed by atoms with van der Waals surface area (Å²) in [5.41, 5.74) is 0.719. The Bertz CT molecular complexity index is 512. The minimum Gasteiger partial charge on any atom is -0.412 e. The van der Waals surface area contributed by atoms with Gasteiger partial charge in [-0.1, -0.05) is 30.3 Å². The number of amides is 1. The van der Waals surface area contributed by atoms with Crippen LogP contribution < -0.4 is 5.32 Å². The van der Waals surface area contributed by atoms with Crippen LogP contribution in [0.3, 0.4) is 0 Å². The Morgan fingerprint density at radius 3 is 2.53 bits per heavy atom. The van der Waals surface area contributed by atoms with Crippen LogP contribution in [0.15, 0.2) is 30.3 Å². The zero-order chi connectivity index (χ0) is 14.3. The van der Waals surface area contributed by atoms with Crippen molar-refractivity contribution >= 4 is 50.7 Å². The van der Waals surface area contributed by atoms with Gasteiger partial charge in [0.25, 0.3) is 0 Å². The molecule has 0 radical (unpaired) electrons. The Morgan fingerprint density at radius 1 is 1.42 bits per heavy atom. The first-order valence-electron chi connectivity index (χ1n) is 5.40. The van der Waals surface area contributed by atoms with Crippen LogP contribution in [0.1, 0.15) is 12.5 Å². The Labute approximate surface area is 125 Å². The molecule has 1 aromatic rings. The van der Waals surface area contributed by atoms with E-state index in [9.17, 15) is 9.59 Å². The molecule has 0 saturated heterocycles. The molecule has 0 unspecified atom stereocenters. The summed E-state index contributed by atoms with van der Waals surface area (Å²) in [6, 6.07) is 8.27. The highest BCUT2D eigenvalue weighted by atomic mass is 32.8. The van der Waals surface area contributed by atoms with Crippen LogP contribution in [0, 0.1) is 0 Å². The third kappa shape index (κ3) is 5.14. The van der Waals surface area contributed by atoms with E-state index < -0.39 is 12.0 Å². The van der Waals surface area contributed by atoms with Gasteiger partial charge in [0, 0.05) is 18.2 Å². The fourth-order valence-electron chi connectivity index (χ4n) is 1.29. The van der Waals surface area contributed by atoms with Crippen LogP contribution in [-0.4, -0.2) is 28.7 Å². The number of carbonyl (C=O) groups excluding carboxylic acids is 2. The fourth-order valence-corrected chi connectivity index (χ4v) is 2.26. The highest BCUT2D eigenvalue weighted by Crippen LogP contribution is 2.03. The van der Waals surface area contributed by atoms with Crippen molar-refractivity contribution in [1.82, 2.24) is 5.32 Å². The average molecular weight is 315 g/mol. The number of carbonyl (C=O) groups is 2. The second-order valence-corrected chi connectivity index (χ2v) is 5.00. The molecule has 19 heavy (non-hydrogen) atoms. The van der Waals surface area contributed by atoms with Gasteiger partial charge in [-0.25, -0.2) is 4.79 Å². The van der Waals surface area contributed by atoms with Crippen molar-refractivity contribution in [2.45, 2.75) is 13.0 Å². The van der Waals surface area contributed by atoms with Gasteiger partial charge >= 0.3 is 5.97 Å². The van der Waals surface area contributed by atoms with E-state index in [2.05, 4.69) is 17.9 Å². The maximum atomic E-state index is 11.9. The van der Waals surface area contributed by atoms with Crippen molar-refractivity contribution < 1.29 is 14.3 Å². The highest BCUT2D eigenvalue weighted by molar-refractivity contribution is 8.17. The first-order valence-corrected chi connectivity index (χ1v) is 7.77. The third-order valence-electron chi connectivity index (χ3n) is 2.12. The number of hydrogen-bond acceptors (Lipinski definition) is 5. The molecular formula is C12H13NO3S3. The SMILES string of the molecule is CC(=O)N[C@@H](CS)C(=O)OC(=S=S)c1ccccc1. The molecule has 0 bridgehead atoms. The van der Waals surface area contributed by atoms with Gasteiger partial charge in [0.15, 0.2) is 0 Å². The third-order valence-corrected chi connectivity index (χ3v) is 3.41. The van der Waals surface area contributed by atoms with Gasteiger partial charge in [0.1, 0.15) is 6.04 Å². The quantitative estimate of drug-likeness (QED) is 0.488. The minimum absolute atomic E-state index is 0.155. The Hall–Kier alpha value is -1.18. The molecule has 0 aliphatic carbocycles. The Balaban J connectivity index is 2.79. The van der Waals surface area contributed by atoms with E-state index in [0.29, 0.717) is 5.05 Å². The van der Waals surface area contributed by atoms with Crippen molar-refractivity contribution in [1.29, 1.82) is 0 Å². The number of benzene rings is 1. The lowest BCUT2D eigenvalue weighted by Gasteiger charge is -2.14. The monoisotopic (exact) mass is 315 g/mol. The molecule has 0 aliphatic heterocycles. The molecule has 4 nitrogen and oxygen atoms in total. The summed E-state index contributed by atoms with van der Waals surface area (Å²) in [5, 5.41) is 2.78. The summed E-state index contributed by atoms with van der Waals surface area (Å²) in [5.74, 6) is -0.743. The zero-order valence-electron chi connectivity index (χ0n) is 10.2. The Kier molecular flexibility index (Phi) is 6.75. The first-order chi connectivity index (χ1) is 9.08. The van der Waals surface area contributed by atoms with E-state index in [0.717, 1.165) is 15.5 Å². The normalized spacial score (nSPS) is 11.3. The van der Waals surface area contributed by atoms with Gasteiger partial charge in [-0.2, -0.15) is 12.6 Å². The molecule has 1 rings (SSSR count). The lowest BCUT2D eigenvalue weighted by atomic mass is 10.2. The smallest absolute Gasteiger partial charge is 0.335 e. The molecular weight excluding hydrogens is 302 g/mol. The second-order valence-electron chi connectivity index (χ2n) is 3.59. The van der Waals surface area contributed by atoms with Crippen LogP contribution in [-0.2, 0) is 35.4 Å². The lowest BCUT2D eigenvalue weighted by molar-refractivity contribution is -0.139. The zero-order valence-corrected chi connectivity index (χ0v) is 12.7. The van der Waals surface area contributed by atoms with Crippen LogP contribution in [0.25, 0.3) is 0 Å². The van der Waals surface area contributed by atoms with Gasteiger partial charge in [0.05, 0.1) is 0 Å².